The highest BCUT2D eigenvalue weighted by atomic mass is 35.5. The van der Waals surface area contributed by atoms with Crippen LogP contribution in [0.1, 0.15) is 53.6 Å². The maximum Gasteiger partial charge on any atom is 0.350 e. The number of benzene rings is 2. The van der Waals surface area contributed by atoms with Crippen molar-refractivity contribution in [1.82, 2.24) is 19.3 Å². The number of nitrogens with zero attached hydrogens (tertiary/aromatic N) is 4. The van der Waals surface area contributed by atoms with Crippen molar-refractivity contribution in [2.24, 2.45) is 5.92 Å². The van der Waals surface area contributed by atoms with Gasteiger partial charge in [0.15, 0.2) is 11.0 Å². The molecule has 2 N–H and O–H groups in total. The Labute approximate surface area is 241 Å². The number of halogens is 2. The number of carbonyl (C=O) groups is 1. The van der Waals surface area contributed by atoms with Gasteiger partial charge in [-0.1, -0.05) is 55.8 Å². The van der Waals surface area contributed by atoms with E-state index >= 15 is 4.39 Å². The Kier molecular flexibility index (Phi) is 9.36. The largest absolute Gasteiger partial charge is 0.515 e. The average Bonchev–Trinajstić information content (AvgIpc) is 3.26. The number of hydrogen-bond donors (Lipinski definition) is 2. The van der Waals surface area contributed by atoms with E-state index in [4.69, 9.17) is 16.3 Å². The first-order valence-electron chi connectivity index (χ1n) is 13.1. The second-order valence-corrected chi connectivity index (χ2v) is 10.0. The van der Waals surface area contributed by atoms with Crippen molar-refractivity contribution in [2.45, 2.75) is 47.5 Å². The maximum atomic E-state index is 15.2. The highest BCUT2D eigenvalue weighted by Gasteiger charge is 2.26. The van der Waals surface area contributed by atoms with Crippen LogP contribution < -0.4 is 11.0 Å². The molecule has 0 radical (unpaired) electrons. The molecule has 2 heterocycles. The number of allylic oxidation sites excluding steroid dienone is 1. The number of nitrogens with one attached hydrogen (secondary N) is 1. The molecule has 1 amide bonds. The van der Waals surface area contributed by atoms with Crippen molar-refractivity contribution in [1.29, 1.82) is 0 Å². The Morgan fingerprint density at radius 2 is 1.93 bits per heavy atom. The lowest BCUT2D eigenvalue weighted by atomic mass is 9.90. The van der Waals surface area contributed by atoms with E-state index in [1.807, 2.05) is 30.3 Å². The molecule has 0 saturated heterocycles. The molecule has 0 aliphatic carbocycles. The zero-order valence-electron chi connectivity index (χ0n) is 23.2. The molecule has 0 fully saturated rings. The lowest BCUT2D eigenvalue weighted by Gasteiger charge is -2.19. The van der Waals surface area contributed by atoms with Crippen LogP contribution in [0.15, 0.2) is 65.8 Å². The first kappa shape index (κ1) is 29.7. The molecule has 4 aromatic rings. The molecule has 0 bridgehead atoms. The van der Waals surface area contributed by atoms with Crippen LogP contribution in [0.25, 0.3) is 11.3 Å². The van der Waals surface area contributed by atoms with Crippen LogP contribution in [0.3, 0.4) is 0 Å². The van der Waals surface area contributed by atoms with Crippen LogP contribution in [0.4, 0.5) is 10.1 Å². The Balaban J connectivity index is 1.83. The fourth-order valence-corrected chi connectivity index (χ4v) is 4.71. The first-order valence-corrected chi connectivity index (χ1v) is 13.4. The van der Waals surface area contributed by atoms with Gasteiger partial charge in [0, 0.05) is 24.4 Å². The predicted octanol–water partition coefficient (Wildman–Crippen LogP) is 6.07. The summed E-state index contributed by atoms with van der Waals surface area (Å²) in [4.78, 5) is 31.1. The van der Waals surface area contributed by atoms with Crippen LogP contribution in [-0.2, 0) is 24.5 Å². The predicted molar refractivity (Wildman–Crippen MR) is 156 cm³/mol. The summed E-state index contributed by atoms with van der Waals surface area (Å²) < 4.78 is 23.4. The van der Waals surface area contributed by atoms with E-state index < -0.39 is 17.4 Å². The molecule has 0 aliphatic heterocycles. The highest BCUT2D eigenvalue weighted by Crippen LogP contribution is 2.33. The van der Waals surface area contributed by atoms with E-state index in [2.05, 4.69) is 15.4 Å². The minimum atomic E-state index is -0.774. The van der Waals surface area contributed by atoms with Gasteiger partial charge in [-0.2, -0.15) is 4.68 Å². The first-order chi connectivity index (χ1) is 19.7. The SMILES string of the molecule is CCn1c(COCc2ccccc2)nn(-c2cc(F)cc(C(=O)Nc3c(C)ccnc3Cl)c2C(=CO)C(C)C)c1=O. The second kappa shape index (κ2) is 12.9. The maximum absolute atomic E-state index is 15.2. The number of aliphatic hydroxyl groups is 1. The number of carbonyl (C=O) groups excluding carboxylic acids is 1. The van der Waals surface area contributed by atoms with E-state index in [1.165, 1.54) is 10.8 Å². The van der Waals surface area contributed by atoms with Crippen LogP contribution in [0.5, 0.6) is 0 Å². The molecular formula is C30H31ClFN5O4. The lowest BCUT2D eigenvalue weighted by Crippen LogP contribution is -2.26. The van der Waals surface area contributed by atoms with Gasteiger partial charge in [-0.15, -0.1) is 5.10 Å². The smallest absolute Gasteiger partial charge is 0.350 e. The molecule has 2 aromatic heterocycles. The van der Waals surface area contributed by atoms with Gasteiger partial charge < -0.3 is 15.2 Å². The lowest BCUT2D eigenvalue weighted by molar-refractivity contribution is 0.0989. The molecule has 9 nitrogen and oxygen atoms in total. The Bertz CT molecular complexity index is 1630. The standard InChI is InChI=1S/C30H31ClFN5O4/c1-5-36-25(17-41-16-20-9-7-6-8-10-20)35-37(30(36)40)24-14-21(32)13-22(26(24)23(15-38)18(2)3)29(39)34-27-19(4)11-12-33-28(27)31/h6-15,18,38H,5,16-17H2,1-4H3,(H,34,39). The van der Waals surface area contributed by atoms with Crippen molar-refractivity contribution in [2.75, 3.05) is 5.32 Å². The van der Waals surface area contributed by atoms with Crippen molar-refractivity contribution in [3.05, 3.63) is 111 Å². The summed E-state index contributed by atoms with van der Waals surface area (Å²) >= 11 is 6.22. The normalized spacial score (nSPS) is 11.7. The quantitative estimate of drug-likeness (QED) is 0.174. The molecule has 4 rings (SSSR count). The number of rotatable bonds is 10. The van der Waals surface area contributed by atoms with Crippen LogP contribution in [-0.4, -0.2) is 30.3 Å². The van der Waals surface area contributed by atoms with Crippen molar-refractivity contribution < 1.29 is 19.0 Å². The number of aromatic nitrogens is 4. The van der Waals surface area contributed by atoms with Gasteiger partial charge in [-0.3, -0.25) is 9.36 Å². The van der Waals surface area contributed by atoms with Crippen LogP contribution >= 0.6 is 11.6 Å². The number of hydrogen-bond acceptors (Lipinski definition) is 6. The van der Waals surface area contributed by atoms with Gasteiger partial charge in [-0.25, -0.2) is 14.2 Å². The van der Waals surface area contributed by atoms with E-state index in [1.54, 1.807) is 33.8 Å². The molecule has 214 valence electrons. The monoisotopic (exact) mass is 579 g/mol. The van der Waals surface area contributed by atoms with E-state index in [9.17, 15) is 14.7 Å². The third kappa shape index (κ3) is 6.39. The Morgan fingerprint density at radius 1 is 1.20 bits per heavy atom. The fourth-order valence-electron chi connectivity index (χ4n) is 4.45. The molecular weight excluding hydrogens is 549 g/mol. The van der Waals surface area contributed by atoms with E-state index in [-0.39, 0.29) is 46.7 Å². The summed E-state index contributed by atoms with van der Waals surface area (Å²) in [6, 6.07) is 13.4. The molecule has 0 spiro atoms. The summed E-state index contributed by atoms with van der Waals surface area (Å²) in [5.41, 5.74) is 1.66. The fraction of sp³-hybridized carbons (Fsp3) is 0.267. The molecule has 11 heteroatoms. The second-order valence-electron chi connectivity index (χ2n) is 9.67. The molecule has 2 aromatic carbocycles. The minimum absolute atomic E-state index is 0.000310. The Morgan fingerprint density at radius 3 is 2.56 bits per heavy atom. The number of ether oxygens (including phenoxy) is 1. The zero-order valence-corrected chi connectivity index (χ0v) is 23.9. The van der Waals surface area contributed by atoms with Crippen molar-refractivity contribution in [3.8, 4) is 5.69 Å². The summed E-state index contributed by atoms with van der Waals surface area (Å²) in [5, 5.41) is 17.5. The van der Waals surface area contributed by atoms with Crippen molar-refractivity contribution >= 4 is 28.8 Å². The number of aryl methyl sites for hydroxylation is 1. The summed E-state index contributed by atoms with van der Waals surface area (Å²) in [5.74, 6) is -1.46. The zero-order chi connectivity index (χ0) is 29.7. The molecule has 41 heavy (non-hydrogen) atoms. The third-order valence-corrected chi connectivity index (χ3v) is 6.84. The van der Waals surface area contributed by atoms with Crippen molar-refractivity contribution in [3.63, 3.8) is 0 Å². The van der Waals surface area contributed by atoms with E-state index in [0.29, 0.717) is 23.6 Å². The van der Waals surface area contributed by atoms with E-state index in [0.717, 1.165) is 28.6 Å². The van der Waals surface area contributed by atoms with Gasteiger partial charge in [0.05, 0.1) is 29.8 Å². The van der Waals surface area contributed by atoms with Gasteiger partial charge in [-0.05, 0) is 48.6 Å². The van der Waals surface area contributed by atoms with Crippen LogP contribution in [0.2, 0.25) is 5.15 Å². The van der Waals surface area contributed by atoms with Gasteiger partial charge in [0.25, 0.3) is 5.91 Å². The molecule has 0 atom stereocenters. The Hall–Kier alpha value is -4.28. The summed E-state index contributed by atoms with van der Waals surface area (Å²) in [6.07, 6.45) is 2.36. The molecule has 0 unspecified atom stereocenters. The highest BCUT2D eigenvalue weighted by molar-refractivity contribution is 6.33. The van der Waals surface area contributed by atoms with Gasteiger partial charge >= 0.3 is 5.69 Å². The summed E-state index contributed by atoms with van der Waals surface area (Å²) in [7, 11) is 0. The minimum Gasteiger partial charge on any atom is -0.515 e. The third-order valence-electron chi connectivity index (χ3n) is 6.55. The van der Waals surface area contributed by atoms with Gasteiger partial charge in [0.1, 0.15) is 12.4 Å². The number of pyridine rings is 1. The van der Waals surface area contributed by atoms with Gasteiger partial charge in [0.2, 0.25) is 0 Å². The topological polar surface area (TPSA) is 111 Å². The number of anilines is 1. The molecule has 0 saturated carbocycles. The summed E-state index contributed by atoms with van der Waals surface area (Å²) in [6.45, 7) is 7.74. The molecule has 0 aliphatic rings. The number of aliphatic hydroxyl groups excluding tert-OH is 1. The number of amides is 1. The average molecular weight is 580 g/mol. The van der Waals surface area contributed by atoms with Crippen LogP contribution in [0, 0.1) is 18.7 Å².